The molecule has 0 aliphatic carbocycles. The molecule has 0 aromatic heterocycles. The fourth-order valence-electron chi connectivity index (χ4n) is 1.58. The Morgan fingerprint density at radius 2 is 2.17 bits per heavy atom. The lowest BCUT2D eigenvalue weighted by atomic mass is 10.2. The van der Waals surface area contributed by atoms with Crippen LogP contribution < -0.4 is 0 Å². The van der Waals surface area contributed by atoms with Crippen LogP contribution in [0.25, 0.3) is 0 Å². The molecule has 0 aromatic rings. The zero-order valence-corrected chi connectivity index (χ0v) is 10.3. The Morgan fingerprint density at radius 3 is 2.72 bits per heavy atom. The second-order valence-corrected chi connectivity index (χ2v) is 3.84. The molecule has 0 aromatic carbocycles. The summed E-state index contributed by atoms with van der Waals surface area (Å²) in [6.45, 7) is 0.190. The molecule has 1 heterocycles. The van der Waals surface area contributed by atoms with Gasteiger partial charge in [-0.2, -0.15) is 0 Å². The van der Waals surface area contributed by atoms with Gasteiger partial charge >= 0.3 is 18.0 Å². The lowest BCUT2D eigenvalue weighted by Crippen LogP contribution is -2.56. The van der Waals surface area contributed by atoms with E-state index < -0.39 is 24.0 Å². The maximum absolute atomic E-state index is 12.0. The van der Waals surface area contributed by atoms with Crippen molar-refractivity contribution in [2.45, 2.75) is 6.04 Å². The standard InChI is InChI=1S/C10H16N2O6/c1-11(5-8(13)17-2)10(16)12-3-4-18-6-7(12)9(14)15/h7H,3-6H2,1-2H3,(H,14,15). The van der Waals surface area contributed by atoms with Crippen LogP contribution in [-0.4, -0.2) is 79.4 Å². The van der Waals surface area contributed by atoms with Crippen LogP contribution in [0.1, 0.15) is 0 Å². The molecule has 18 heavy (non-hydrogen) atoms. The van der Waals surface area contributed by atoms with E-state index in [1.54, 1.807) is 0 Å². The molecule has 8 heteroatoms. The lowest BCUT2D eigenvalue weighted by Gasteiger charge is -2.35. The smallest absolute Gasteiger partial charge is 0.328 e. The summed E-state index contributed by atoms with van der Waals surface area (Å²) in [4.78, 5) is 36.3. The van der Waals surface area contributed by atoms with Gasteiger partial charge in [0.1, 0.15) is 6.54 Å². The first kappa shape index (κ1) is 14.2. The van der Waals surface area contributed by atoms with Crippen LogP contribution in [0.5, 0.6) is 0 Å². The van der Waals surface area contributed by atoms with Gasteiger partial charge in [0.05, 0.1) is 20.3 Å². The molecule has 1 aliphatic rings. The number of hydrogen-bond acceptors (Lipinski definition) is 5. The Labute approximate surface area is 104 Å². The van der Waals surface area contributed by atoms with Crippen molar-refractivity contribution < 1.29 is 29.0 Å². The molecule has 1 fully saturated rings. The summed E-state index contributed by atoms with van der Waals surface area (Å²) in [5.74, 6) is -1.69. The summed E-state index contributed by atoms with van der Waals surface area (Å²) in [7, 11) is 2.63. The number of likely N-dealkylation sites (N-methyl/N-ethyl adjacent to an activating group) is 1. The molecule has 1 aliphatic heterocycles. The number of esters is 1. The van der Waals surface area contributed by atoms with Crippen molar-refractivity contribution in [2.24, 2.45) is 0 Å². The summed E-state index contributed by atoms with van der Waals surface area (Å²) in [6.07, 6.45) is 0. The second-order valence-electron chi connectivity index (χ2n) is 3.84. The summed E-state index contributed by atoms with van der Waals surface area (Å²) in [5, 5.41) is 8.98. The Kier molecular flexibility index (Phi) is 4.90. The number of methoxy groups -OCH3 is 1. The lowest BCUT2D eigenvalue weighted by molar-refractivity contribution is -0.147. The van der Waals surface area contributed by atoms with E-state index in [0.717, 1.165) is 4.90 Å². The molecule has 0 saturated carbocycles. The number of amides is 2. The number of urea groups is 1. The van der Waals surface area contributed by atoms with Crippen molar-refractivity contribution in [3.05, 3.63) is 0 Å². The molecule has 0 radical (unpaired) electrons. The largest absolute Gasteiger partial charge is 0.480 e. The number of aliphatic carboxylic acids is 1. The van der Waals surface area contributed by atoms with Gasteiger partial charge in [0, 0.05) is 13.6 Å². The van der Waals surface area contributed by atoms with Crippen LogP contribution in [-0.2, 0) is 19.1 Å². The van der Waals surface area contributed by atoms with Crippen LogP contribution in [0, 0.1) is 0 Å². The van der Waals surface area contributed by atoms with Crippen molar-refractivity contribution >= 4 is 18.0 Å². The minimum absolute atomic E-state index is 0.0485. The van der Waals surface area contributed by atoms with Crippen molar-refractivity contribution in [1.29, 1.82) is 0 Å². The number of carboxylic acids is 1. The van der Waals surface area contributed by atoms with E-state index in [4.69, 9.17) is 9.84 Å². The van der Waals surface area contributed by atoms with Crippen LogP contribution in [0.15, 0.2) is 0 Å². The van der Waals surface area contributed by atoms with Gasteiger partial charge in [-0.25, -0.2) is 9.59 Å². The zero-order chi connectivity index (χ0) is 13.7. The van der Waals surface area contributed by atoms with Crippen LogP contribution in [0.2, 0.25) is 0 Å². The van der Waals surface area contributed by atoms with Gasteiger partial charge in [-0.3, -0.25) is 4.79 Å². The molecule has 1 rings (SSSR count). The van der Waals surface area contributed by atoms with E-state index >= 15 is 0 Å². The SMILES string of the molecule is COC(=O)CN(C)C(=O)N1CCOCC1C(=O)O. The summed E-state index contributed by atoms with van der Waals surface area (Å²) in [5.41, 5.74) is 0. The van der Waals surface area contributed by atoms with Crippen LogP contribution >= 0.6 is 0 Å². The third kappa shape index (κ3) is 3.33. The van der Waals surface area contributed by atoms with E-state index in [0.29, 0.717) is 0 Å². The van der Waals surface area contributed by atoms with E-state index in [1.165, 1.54) is 19.1 Å². The van der Waals surface area contributed by atoms with Crippen molar-refractivity contribution in [2.75, 3.05) is 40.5 Å². The first-order chi connectivity index (χ1) is 8.47. The first-order valence-electron chi connectivity index (χ1n) is 5.36. The monoisotopic (exact) mass is 260 g/mol. The van der Waals surface area contributed by atoms with Gasteiger partial charge in [-0.05, 0) is 0 Å². The molecule has 1 unspecified atom stereocenters. The Bertz CT molecular complexity index is 345. The van der Waals surface area contributed by atoms with E-state index in [2.05, 4.69) is 4.74 Å². The van der Waals surface area contributed by atoms with Crippen molar-refractivity contribution in [3.63, 3.8) is 0 Å². The molecular formula is C10H16N2O6. The number of carbonyl (C=O) groups is 3. The summed E-state index contributed by atoms with van der Waals surface area (Å²) >= 11 is 0. The number of rotatable bonds is 3. The topological polar surface area (TPSA) is 96.4 Å². The highest BCUT2D eigenvalue weighted by Gasteiger charge is 2.34. The number of hydrogen-bond donors (Lipinski definition) is 1. The van der Waals surface area contributed by atoms with Gasteiger partial charge in [-0.1, -0.05) is 0 Å². The van der Waals surface area contributed by atoms with E-state index in [-0.39, 0.29) is 26.3 Å². The molecule has 102 valence electrons. The van der Waals surface area contributed by atoms with Crippen LogP contribution in [0.4, 0.5) is 4.79 Å². The van der Waals surface area contributed by atoms with Gasteiger partial charge in [0.25, 0.3) is 0 Å². The maximum Gasteiger partial charge on any atom is 0.328 e. The first-order valence-corrected chi connectivity index (χ1v) is 5.36. The highest BCUT2D eigenvalue weighted by molar-refractivity contribution is 5.85. The number of nitrogens with zero attached hydrogens (tertiary/aromatic N) is 2. The Hall–Kier alpha value is -1.83. The highest BCUT2D eigenvalue weighted by Crippen LogP contribution is 2.10. The summed E-state index contributed by atoms with van der Waals surface area (Å²) < 4.78 is 9.46. The van der Waals surface area contributed by atoms with E-state index in [9.17, 15) is 14.4 Å². The number of carbonyl (C=O) groups excluding carboxylic acids is 2. The maximum atomic E-state index is 12.0. The zero-order valence-electron chi connectivity index (χ0n) is 10.3. The number of morpholine rings is 1. The van der Waals surface area contributed by atoms with E-state index in [1.807, 2.05) is 0 Å². The minimum atomic E-state index is -1.13. The van der Waals surface area contributed by atoms with Crippen molar-refractivity contribution in [3.8, 4) is 0 Å². The third-order valence-electron chi connectivity index (χ3n) is 2.58. The van der Waals surface area contributed by atoms with Crippen LogP contribution in [0.3, 0.4) is 0 Å². The average Bonchev–Trinajstić information content (AvgIpc) is 2.37. The normalized spacial score (nSPS) is 19.2. The molecule has 0 bridgehead atoms. The predicted octanol–water partition coefficient (Wildman–Crippen LogP) is -1.00. The van der Waals surface area contributed by atoms with Crippen molar-refractivity contribution in [1.82, 2.24) is 9.80 Å². The molecule has 0 spiro atoms. The molecule has 1 atom stereocenters. The number of carboxylic acid groups (broad SMARTS) is 1. The fourth-order valence-corrected chi connectivity index (χ4v) is 1.58. The molecular weight excluding hydrogens is 244 g/mol. The minimum Gasteiger partial charge on any atom is -0.480 e. The molecule has 2 amide bonds. The Balaban J connectivity index is 2.68. The van der Waals surface area contributed by atoms with Gasteiger partial charge in [0.2, 0.25) is 0 Å². The molecule has 1 N–H and O–H groups in total. The predicted molar refractivity (Wildman–Crippen MR) is 59.0 cm³/mol. The fraction of sp³-hybridized carbons (Fsp3) is 0.700. The number of ether oxygens (including phenoxy) is 2. The quantitative estimate of drug-likeness (QED) is 0.653. The van der Waals surface area contributed by atoms with Gasteiger partial charge in [0.15, 0.2) is 6.04 Å². The highest BCUT2D eigenvalue weighted by atomic mass is 16.5. The Morgan fingerprint density at radius 1 is 1.50 bits per heavy atom. The second kappa shape index (κ2) is 6.20. The third-order valence-corrected chi connectivity index (χ3v) is 2.58. The summed E-state index contributed by atoms with van der Waals surface area (Å²) in [6, 6.07) is -1.55. The molecule has 1 saturated heterocycles. The van der Waals surface area contributed by atoms with Gasteiger partial charge < -0.3 is 24.4 Å². The average molecular weight is 260 g/mol. The van der Waals surface area contributed by atoms with Gasteiger partial charge in [-0.15, -0.1) is 0 Å². The molecule has 8 nitrogen and oxygen atoms in total.